The zero-order chi connectivity index (χ0) is 17.5. The van der Waals surface area contributed by atoms with Crippen LogP contribution >= 0.6 is 11.3 Å². The van der Waals surface area contributed by atoms with Crippen LogP contribution in [0.2, 0.25) is 0 Å². The average molecular weight is 362 g/mol. The second kappa shape index (κ2) is 6.53. The van der Waals surface area contributed by atoms with Crippen LogP contribution in [0.15, 0.2) is 47.2 Å². The molecule has 26 heavy (non-hydrogen) atoms. The Bertz CT molecular complexity index is 945. The normalized spacial score (nSPS) is 17.2. The van der Waals surface area contributed by atoms with Crippen molar-refractivity contribution in [2.75, 3.05) is 26.2 Å². The summed E-state index contributed by atoms with van der Waals surface area (Å²) in [6.45, 7) is 4.51. The van der Waals surface area contributed by atoms with Crippen molar-refractivity contribution in [1.82, 2.24) is 9.80 Å². The molecule has 132 valence electrons. The third-order valence-electron chi connectivity index (χ3n) is 5.75. The molecule has 0 bridgehead atoms. The van der Waals surface area contributed by atoms with Crippen molar-refractivity contribution in [2.45, 2.75) is 19.4 Å². The van der Waals surface area contributed by atoms with Crippen LogP contribution in [-0.2, 0) is 19.4 Å². The highest BCUT2D eigenvalue weighted by atomic mass is 32.1. The molecule has 1 saturated heterocycles. The summed E-state index contributed by atoms with van der Waals surface area (Å²) in [4.78, 5) is 17.7. The van der Waals surface area contributed by atoms with E-state index in [1.165, 1.54) is 22.1 Å². The second-order valence-corrected chi connectivity index (χ2v) is 8.09. The number of benzene rings is 2. The molecule has 3 nitrogen and oxygen atoms in total. The van der Waals surface area contributed by atoms with Crippen LogP contribution < -0.4 is 0 Å². The Hall–Kier alpha value is -2.17. The minimum Gasteiger partial charge on any atom is -0.336 e. The van der Waals surface area contributed by atoms with E-state index in [0.29, 0.717) is 0 Å². The van der Waals surface area contributed by atoms with E-state index >= 15 is 0 Å². The topological polar surface area (TPSA) is 23.6 Å². The van der Waals surface area contributed by atoms with Crippen LogP contribution in [0.5, 0.6) is 0 Å². The third-order valence-corrected chi connectivity index (χ3v) is 6.49. The molecule has 1 aliphatic heterocycles. The van der Waals surface area contributed by atoms with Crippen LogP contribution in [0.1, 0.15) is 27.0 Å². The van der Waals surface area contributed by atoms with Crippen LogP contribution in [0.25, 0.3) is 10.8 Å². The lowest BCUT2D eigenvalue weighted by Gasteiger charge is -2.34. The van der Waals surface area contributed by atoms with Gasteiger partial charge in [0.05, 0.1) is 0 Å². The van der Waals surface area contributed by atoms with Gasteiger partial charge in [0, 0.05) is 38.3 Å². The number of thiophene rings is 1. The molecule has 1 fully saturated rings. The molecule has 0 saturated carbocycles. The number of amides is 1. The Morgan fingerprint density at radius 2 is 1.77 bits per heavy atom. The van der Waals surface area contributed by atoms with E-state index in [9.17, 15) is 4.79 Å². The Morgan fingerprint density at radius 1 is 0.962 bits per heavy atom. The van der Waals surface area contributed by atoms with E-state index in [1.807, 2.05) is 11.0 Å². The fourth-order valence-electron chi connectivity index (χ4n) is 4.35. The van der Waals surface area contributed by atoms with E-state index in [2.05, 4.69) is 46.0 Å². The summed E-state index contributed by atoms with van der Waals surface area (Å²) in [6, 6.07) is 12.8. The SMILES string of the molecule is O=C(c1ccc2c3c(cccc13)CC2)N1CCN(Cc2ccsc2)CC1. The van der Waals surface area contributed by atoms with E-state index in [4.69, 9.17) is 0 Å². The number of nitrogens with zero attached hydrogens (tertiary/aromatic N) is 2. The molecule has 5 rings (SSSR count). The first-order valence-electron chi connectivity index (χ1n) is 9.36. The first-order chi connectivity index (χ1) is 12.8. The fourth-order valence-corrected chi connectivity index (χ4v) is 5.01. The molecule has 0 radical (unpaired) electrons. The van der Waals surface area contributed by atoms with E-state index in [-0.39, 0.29) is 5.91 Å². The zero-order valence-electron chi connectivity index (χ0n) is 14.8. The van der Waals surface area contributed by atoms with Gasteiger partial charge in [-0.2, -0.15) is 11.3 Å². The van der Waals surface area contributed by atoms with Gasteiger partial charge in [-0.3, -0.25) is 9.69 Å². The van der Waals surface area contributed by atoms with E-state index in [1.54, 1.807) is 11.3 Å². The predicted octanol–water partition coefficient (Wildman–Crippen LogP) is 3.96. The van der Waals surface area contributed by atoms with Gasteiger partial charge in [-0.1, -0.05) is 24.3 Å². The number of carbonyl (C=O) groups is 1. The maximum absolute atomic E-state index is 13.2. The van der Waals surface area contributed by atoms with Gasteiger partial charge in [0.25, 0.3) is 5.91 Å². The largest absolute Gasteiger partial charge is 0.336 e. The van der Waals surface area contributed by atoms with Gasteiger partial charge in [-0.05, 0) is 63.2 Å². The van der Waals surface area contributed by atoms with Gasteiger partial charge in [0.15, 0.2) is 0 Å². The van der Waals surface area contributed by atoms with Gasteiger partial charge in [-0.25, -0.2) is 0 Å². The van der Waals surface area contributed by atoms with Crippen molar-refractivity contribution < 1.29 is 4.79 Å². The maximum atomic E-state index is 13.2. The van der Waals surface area contributed by atoms with E-state index < -0.39 is 0 Å². The second-order valence-electron chi connectivity index (χ2n) is 7.31. The Balaban J connectivity index is 1.35. The van der Waals surface area contributed by atoms with Gasteiger partial charge in [-0.15, -0.1) is 0 Å². The smallest absolute Gasteiger partial charge is 0.254 e. The Labute approximate surface area is 157 Å². The minimum atomic E-state index is 0.191. The molecule has 4 heteroatoms. The van der Waals surface area contributed by atoms with Crippen LogP contribution in [-0.4, -0.2) is 41.9 Å². The molecule has 2 heterocycles. The summed E-state index contributed by atoms with van der Waals surface area (Å²) in [5.74, 6) is 0.191. The number of aryl methyl sites for hydroxylation is 2. The molecule has 2 aliphatic rings. The lowest BCUT2D eigenvalue weighted by molar-refractivity contribution is 0.0630. The number of piperazine rings is 1. The molecular weight excluding hydrogens is 340 g/mol. The summed E-state index contributed by atoms with van der Waals surface area (Å²) in [6.07, 6.45) is 2.21. The fraction of sp³-hybridized carbons (Fsp3) is 0.318. The molecule has 1 amide bonds. The Kier molecular flexibility index (Phi) is 4.03. The molecular formula is C22H22N2OS. The first-order valence-corrected chi connectivity index (χ1v) is 10.3. The number of rotatable bonds is 3. The van der Waals surface area contributed by atoms with E-state index in [0.717, 1.165) is 56.5 Å². The molecule has 2 aromatic carbocycles. The number of hydrogen-bond donors (Lipinski definition) is 0. The summed E-state index contributed by atoms with van der Waals surface area (Å²) in [5.41, 5.74) is 5.04. The third kappa shape index (κ3) is 2.74. The summed E-state index contributed by atoms with van der Waals surface area (Å²) in [7, 11) is 0. The van der Waals surface area contributed by atoms with Crippen LogP contribution in [0.4, 0.5) is 0 Å². The molecule has 0 unspecified atom stereocenters. The van der Waals surface area contributed by atoms with Gasteiger partial charge in [0.2, 0.25) is 0 Å². The average Bonchev–Trinajstić information content (AvgIpc) is 3.34. The zero-order valence-corrected chi connectivity index (χ0v) is 15.6. The van der Waals surface area contributed by atoms with Crippen LogP contribution in [0.3, 0.4) is 0 Å². The van der Waals surface area contributed by atoms with Gasteiger partial charge in [0.1, 0.15) is 0 Å². The quantitative estimate of drug-likeness (QED) is 0.704. The molecule has 0 atom stereocenters. The highest BCUT2D eigenvalue weighted by Crippen LogP contribution is 2.33. The molecule has 1 aliphatic carbocycles. The van der Waals surface area contributed by atoms with Crippen LogP contribution in [0, 0.1) is 0 Å². The van der Waals surface area contributed by atoms with Gasteiger partial charge >= 0.3 is 0 Å². The van der Waals surface area contributed by atoms with Crippen molar-refractivity contribution in [1.29, 1.82) is 0 Å². The molecule has 3 aromatic rings. The van der Waals surface area contributed by atoms with Crippen molar-refractivity contribution in [3.63, 3.8) is 0 Å². The van der Waals surface area contributed by atoms with Crippen molar-refractivity contribution in [3.8, 4) is 0 Å². The number of hydrogen-bond acceptors (Lipinski definition) is 3. The maximum Gasteiger partial charge on any atom is 0.254 e. The van der Waals surface area contributed by atoms with Crippen molar-refractivity contribution in [3.05, 3.63) is 69.4 Å². The monoisotopic (exact) mass is 362 g/mol. The lowest BCUT2D eigenvalue weighted by Crippen LogP contribution is -2.48. The van der Waals surface area contributed by atoms with Crippen molar-refractivity contribution >= 4 is 28.0 Å². The lowest BCUT2D eigenvalue weighted by atomic mass is 9.99. The standard InChI is InChI=1S/C22H22N2OS/c25-22(24-11-9-23(10-12-24)14-16-8-13-26-15-16)20-7-6-18-5-4-17-2-1-3-19(20)21(17)18/h1-3,6-8,13,15H,4-5,9-12,14H2. The highest BCUT2D eigenvalue weighted by molar-refractivity contribution is 7.07. The summed E-state index contributed by atoms with van der Waals surface area (Å²) < 4.78 is 0. The Morgan fingerprint density at radius 3 is 2.54 bits per heavy atom. The summed E-state index contributed by atoms with van der Waals surface area (Å²) >= 11 is 1.75. The molecule has 0 N–H and O–H groups in total. The minimum absolute atomic E-state index is 0.191. The first kappa shape index (κ1) is 16.0. The van der Waals surface area contributed by atoms with Gasteiger partial charge < -0.3 is 4.90 Å². The highest BCUT2D eigenvalue weighted by Gasteiger charge is 2.25. The number of carbonyl (C=O) groups excluding carboxylic acids is 1. The predicted molar refractivity (Wildman–Crippen MR) is 107 cm³/mol. The van der Waals surface area contributed by atoms with Crippen molar-refractivity contribution in [2.24, 2.45) is 0 Å². The molecule has 1 aromatic heterocycles. The molecule has 0 spiro atoms. The summed E-state index contributed by atoms with van der Waals surface area (Å²) in [5, 5.41) is 6.81.